The molecule has 2 aromatic rings. The van der Waals surface area contributed by atoms with Gasteiger partial charge in [-0.05, 0) is 75.0 Å². The van der Waals surface area contributed by atoms with Crippen molar-refractivity contribution in [2.24, 2.45) is 5.92 Å². The predicted octanol–water partition coefficient (Wildman–Crippen LogP) is 3.88. The van der Waals surface area contributed by atoms with Gasteiger partial charge in [0.05, 0.1) is 5.56 Å². The number of hydrogen-bond acceptors (Lipinski definition) is 4. The van der Waals surface area contributed by atoms with Crippen molar-refractivity contribution in [1.82, 2.24) is 15.2 Å². The van der Waals surface area contributed by atoms with Gasteiger partial charge in [-0.25, -0.2) is 4.39 Å². The molecular weight excluding hydrogens is 438 g/mol. The first-order chi connectivity index (χ1) is 14.1. The lowest BCUT2D eigenvalue weighted by Crippen LogP contribution is -2.35. The molecule has 1 unspecified atom stereocenters. The Morgan fingerprint density at radius 3 is 2.74 bits per heavy atom. The van der Waals surface area contributed by atoms with Crippen LogP contribution in [0.25, 0.3) is 0 Å². The van der Waals surface area contributed by atoms with E-state index in [1.165, 1.54) is 6.07 Å². The molecule has 5 nitrogen and oxygen atoms in total. The van der Waals surface area contributed by atoms with Crippen molar-refractivity contribution in [2.45, 2.75) is 26.2 Å². The summed E-state index contributed by atoms with van der Waals surface area (Å²) in [6, 6.07) is 9.12. The first-order valence-corrected chi connectivity index (χ1v) is 10.6. The number of pyridine rings is 1. The molecule has 2 fully saturated rings. The highest BCUT2D eigenvalue weighted by atomic mass is 35.5. The van der Waals surface area contributed by atoms with E-state index in [9.17, 15) is 9.18 Å². The van der Waals surface area contributed by atoms with Crippen LogP contribution in [0.3, 0.4) is 0 Å². The third kappa shape index (κ3) is 6.31. The largest absolute Gasteiger partial charge is 0.370 e. The number of aromatic nitrogens is 1. The Morgan fingerprint density at radius 1 is 1.16 bits per heavy atom. The third-order valence-corrected chi connectivity index (χ3v) is 5.98. The number of carbonyl (C=O) groups excluding carboxylic acids is 1. The molecule has 8 heteroatoms. The number of benzene rings is 1. The molecule has 0 saturated carbocycles. The van der Waals surface area contributed by atoms with E-state index in [2.05, 4.69) is 21.3 Å². The van der Waals surface area contributed by atoms with E-state index < -0.39 is 5.82 Å². The lowest BCUT2D eigenvalue weighted by atomic mass is 9.97. The van der Waals surface area contributed by atoms with Gasteiger partial charge < -0.3 is 15.1 Å². The topological polar surface area (TPSA) is 48.5 Å². The number of rotatable bonds is 4. The minimum Gasteiger partial charge on any atom is -0.370 e. The maximum Gasteiger partial charge on any atom is 0.256 e. The Balaban J connectivity index is 0.00000171. The number of carbonyl (C=O) groups is 1. The lowest BCUT2D eigenvalue weighted by molar-refractivity contribution is 0.0762. The van der Waals surface area contributed by atoms with E-state index in [4.69, 9.17) is 0 Å². The van der Waals surface area contributed by atoms with E-state index in [1.807, 2.05) is 25.3 Å². The zero-order valence-electron chi connectivity index (χ0n) is 17.8. The van der Waals surface area contributed by atoms with Crippen molar-refractivity contribution in [1.29, 1.82) is 0 Å². The molecule has 0 spiro atoms. The zero-order chi connectivity index (χ0) is 20.2. The molecule has 1 aromatic heterocycles. The second-order valence-corrected chi connectivity index (χ2v) is 8.17. The molecule has 1 N–H and O–H groups in total. The minimum atomic E-state index is -0.422. The number of hydrogen-bond donors (Lipinski definition) is 1. The molecule has 31 heavy (non-hydrogen) atoms. The quantitative estimate of drug-likeness (QED) is 0.739. The summed E-state index contributed by atoms with van der Waals surface area (Å²) in [5.41, 5.74) is 3.37. The van der Waals surface area contributed by atoms with Gasteiger partial charge in [-0.1, -0.05) is 6.07 Å². The number of nitrogens with zero attached hydrogens (tertiary/aromatic N) is 3. The van der Waals surface area contributed by atoms with Gasteiger partial charge in [0.25, 0.3) is 5.91 Å². The molecule has 2 saturated heterocycles. The summed E-state index contributed by atoms with van der Waals surface area (Å²) in [5, 5.41) is 3.36. The van der Waals surface area contributed by atoms with E-state index >= 15 is 0 Å². The second kappa shape index (κ2) is 11.7. The highest BCUT2D eigenvalue weighted by Crippen LogP contribution is 2.21. The van der Waals surface area contributed by atoms with Crippen LogP contribution in [0.1, 0.15) is 34.5 Å². The van der Waals surface area contributed by atoms with Crippen LogP contribution in [-0.4, -0.2) is 55.1 Å². The summed E-state index contributed by atoms with van der Waals surface area (Å²) in [6.45, 7) is 6.88. The molecule has 4 rings (SSSR count). The summed E-state index contributed by atoms with van der Waals surface area (Å²) in [6.07, 6.45) is 4.71. The zero-order valence-corrected chi connectivity index (χ0v) is 19.5. The molecule has 2 aliphatic rings. The minimum absolute atomic E-state index is 0. The first kappa shape index (κ1) is 25.4. The molecule has 1 atom stereocenters. The fourth-order valence-electron chi connectivity index (χ4n) is 4.36. The Hall–Kier alpha value is -1.89. The Bertz CT molecular complexity index is 876. The van der Waals surface area contributed by atoms with E-state index in [0.29, 0.717) is 19.0 Å². The SMILES string of the molecule is Cc1cc(N2CCCN(C(=O)c3cc(CC4CCNC4)ccc3F)CC2)ccn1.Cl.Cl. The maximum absolute atomic E-state index is 14.5. The van der Waals surface area contributed by atoms with Crippen LogP contribution in [-0.2, 0) is 6.42 Å². The fourth-order valence-corrected chi connectivity index (χ4v) is 4.36. The number of amides is 1. The van der Waals surface area contributed by atoms with Crippen molar-refractivity contribution in [2.75, 3.05) is 44.2 Å². The Kier molecular flexibility index (Phi) is 9.54. The third-order valence-electron chi connectivity index (χ3n) is 5.98. The van der Waals surface area contributed by atoms with Crippen molar-refractivity contribution in [3.63, 3.8) is 0 Å². The van der Waals surface area contributed by atoms with E-state index in [0.717, 1.165) is 62.4 Å². The average molecular weight is 469 g/mol. The van der Waals surface area contributed by atoms with Crippen LogP contribution in [0.5, 0.6) is 0 Å². The van der Waals surface area contributed by atoms with Gasteiger partial charge in [0.15, 0.2) is 0 Å². The van der Waals surface area contributed by atoms with Crippen LogP contribution in [0.2, 0.25) is 0 Å². The highest BCUT2D eigenvalue weighted by molar-refractivity contribution is 5.94. The first-order valence-electron chi connectivity index (χ1n) is 10.6. The maximum atomic E-state index is 14.5. The molecule has 2 aliphatic heterocycles. The smallest absolute Gasteiger partial charge is 0.256 e. The normalized spacial score (nSPS) is 18.7. The predicted molar refractivity (Wildman–Crippen MR) is 127 cm³/mol. The van der Waals surface area contributed by atoms with Crippen LogP contribution >= 0.6 is 24.8 Å². The Morgan fingerprint density at radius 2 is 2.00 bits per heavy atom. The van der Waals surface area contributed by atoms with Gasteiger partial charge in [0, 0.05) is 43.8 Å². The molecule has 1 aromatic carbocycles. The summed E-state index contributed by atoms with van der Waals surface area (Å²) >= 11 is 0. The van der Waals surface area contributed by atoms with Crippen molar-refractivity contribution < 1.29 is 9.18 Å². The van der Waals surface area contributed by atoms with Gasteiger partial charge in [0.2, 0.25) is 0 Å². The van der Waals surface area contributed by atoms with Crippen molar-refractivity contribution >= 4 is 36.4 Å². The van der Waals surface area contributed by atoms with Crippen LogP contribution in [0.4, 0.5) is 10.1 Å². The molecule has 0 bridgehead atoms. The standard InChI is InChI=1S/C23H29FN4O.2ClH/c1-17-13-20(6-8-26-17)27-9-2-10-28(12-11-27)23(29)21-15-18(3-4-22(21)24)14-19-5-7-25-16-19;;/h3-4,6,8,13,15,19,25H,2,5,7,9-12,14,16H2,1H3;2*1H. The van der Waals surface area contributed by atoms with Gasteiger partial charge in [-0.3, -0.25) is 9.78 Å². The summed E-state index contributed by atoms with van der Waals surface area (Å²) in [5.74, 6) is -0.0465. The van der Waals surface area contributed by atoms with Crippen LogP contribution < -0.4 is 10.2 Å². The Labute approximate surface area is 196 Å². The average Bonchev–Trinajstić information content (AvgIpc) is 3.10. The van der Waals surface area contributed by atoms with E-state index in [1.54, 1.807) is 11.0 Å². The lowest BCUT2D eigenvalue weighted by Gasteiger charge is -2.24. The van der Waals surface area contributed by atoms with Crippen molar-refractivity contribution in [3.05, 3.63) is 59.2 Å². The summed E-state index contributed by atoms with van der Waals surface area (Å²) in [4.78, 5) is 21.4. The van der Waals surface area contributed by atoms with E-state index in [-0.39, 0.29) is 36.3 Å². The number of anilines is 1. The molecule has 1 amide bonds. The number of halogens is 3. The van der Waals surface area contributed by atoms with Crippen LogP contribution in [0.15, 0.2) is 36.5 Å². The molecule has 0 radical (unpaired) electrons. The molecule has 0 aliphatic carbocycles. The van der Waals surface area contributed by atoms with Gasteiger partial charge in [0.1, 0.15) is 5.82 Å². The van der Waals surface area contributed by atoms with Crippen LogP contribution in [0, 0.1) is 18.7 Å². The van der Waals surface area contributed by atoms with Crippen molar-refractivity contribution in [3.8, 4) is 0 Å². The fraction of sp³-hybridized carbons (Fsp3) is 0.478. The number of nitrogens with one attached hydrogen (secondary N) is 1. The molecule has 3 heterocycles. The summed E-state index contributed by atoms with van der Waals surface area (Å²) in [7, 11) is 0. The molecule has 170 valence electrons. The van der Waals surface area contributed by atoms with Gasteiger partial charge in [-0.2, -0.15) is 0 Å². The highest BCUT2D eigenvalue weighted by Gasteiger charge is 2.24. The van der Waals surface area contributed by atoms with Gasteiger partial charge >= 0.3 is 0 Å². The monoisotopic (exact) mass is 468 g/mol. The molecular formula is C23H31Cl2FN4O. The van der Waals surface area contributed by atoms with Gasteiger partial charge in [-0.15, -0.1) is 24.8 Å². The summed E-state index contributed by atoms with van der Waals surface area (Å²) < 4.78 is 14.5. The number of aryl methyl sites for hydroxylation is 1. The second-order valence-electron chi connectivity index (χ2n) is 8.17.